The van der Waals surface area contributed by atoms with Crippen LogP contribution in [0.3, 0.4) is 0 Å². The van der Waals surface area contributed by atoms with Crippen LogP contribution in [-0.4, -0.2) is 32.8 Å². The van der Waals surface area contributed by atoms with Gasteiger partial charge in [-0.25, -0.2) is 0 Å². The molecule has 5 heteroatoms. The highest BCUT2D eigenvalue weighted by atomic mass is 28.4. The van der Waals surface area contributed by atoms with E-state index in [1.807, 2.05) is 0 Å². The molecule has 13 heavy (non-hydrogen) atoms. The fraction of sp³-hybridized carbons (Fsp3) is 1.00. The summed E-state index contributed by atoms with van der Waals surface area (Å²) in [7, 11) is 0.507. The lowest BCUT2D eigenvalue weighted by Crippen LogP contribution is -2.36. The second kappa shape index (κ2) is 6.72. The average Bonchev–Trinajstić information content (AvgIpc) is 2.05. The summed E-state index contributed by atoms with van der Waals surface area (Å²) in [6.45, 7) is 8.56. The minimum Gasteiger partial charge on any atom is -0.419 e. The first-order chi connectivity index (χ1) is 6.02. The summed E-state index contributed by atoms with van der Waals surface area (Å²) in [5.41, 5.74) is 1.02. The Hall–Kier alpha value is 0.314. The summed E-state index contributed by atoms with van der Waals surface area (Å²) in [6, 6.07) is 0. The molecule has 0 saturated heterocycles. The molecule has 0 fully saturated rings. The van der Waals surface area contributed by atoms with Gasteiger partial charge >= 0.3 is 18.6 Å². The molecule has 0 rings (SSSR count). The molecule has 0 aliphatic carbocycles. The molecule has 0 bridgehead atoms. The molecule has 2 atom stereocenters. The van der Waals surface area contributed by atoms with E-state index in [2.05, 4.69) is 27.7 Å². The van der Waals surface area contributed by atoms with Crippen LogP contribution in [0.5, 0.6) is 0 Å². The van der Waals surface area contributed by atoms with Gasteiger partial charge in [-0.05, 0) is 11.1 Å². The van der Waals surface area contributed by atoms with Crippen LogP contribution < -0.4 is 0 Å². The monoisotopic (exact) mass is 222 g/mol. The van der Waals surface area contributed by atoms with Crippen molar-refractivity contribution in [1.82, 2.24) is 0 Å². The molecule has 80 valence electrons. The minimum absolute atomic E-state index is 0.508. The van der Waals surface area contributed by atoms with Gasteiger partial charge < -0.3 is 13.0 Å². The van der Waals surface area contributed by atoms with Crippen LogP contribution in [0.25, 0.3) is 0 Å². The maximum Gasteiger partial charge on any atom is 0.314 e. The van der Waals surface area contributed by atoms with Gasteiger partial charge in [0.05, 0.1) is 0 Å². The topological polar surface area (TPSA) is 27.7 Å². The Morgan fingerprint density at radius 1 is 0.769 bits per heavy atom. The normalized spacial score (nSPS) is 16.6. The third-order valence-corrected chi connectivity index (χ3v) is 7.07. The van der Waals surface area contributed by atoms with Gasteiger partial charge in [-0.2, -0.15) is 0 Å². The van der Waals surface area contributed by atoms with Crippen LogP contribution in [0.1, 0.15) is 27.7 Å². The van der Waals surface area contributed by atoms with E-state index >= 15 is 0 Å². The van der Waals surface area contributed by atoms with Gasteiger partial charge in [0.25, 0.3) is 0 Å². The van der Waals surface area contributed by atoms with E-state index < -0.39 is 18.6 Å². The first-order valence-electron chi connectivity index (χ1n) is 4.74. The van der Waals surface area contributed by atoms with E-state index in [9.17, 15) is 0 Å². The third-order valence-electron chi connectivity index (χ3n) is 1.82. The summed E-state index contributed by atoms with van der Waals surface area (Å²) < 4.78 is 16.6. The van der Waals surface area contributed by atoms with Crippen LogP contribution in [0.15, 0.2) is 0 Å². The van der Waals surface area contributed by atoms with Gasteiger partial charge in [0.2, 0.25) is 0 Å². The van der Waals surface area contributed by atoms with Crippen molar-refractivity contribution >= 4 is 18.6 Å². The molecule has 2 unspecified atom stereocenters. The molecule has 0 N–H and O–H groups in total. The number of hydrogen-bond donors (Lipinski definition) is 0. The van der Waals surface area contributed by atoms with Gasteiger partial charge in [-0.3, -0.25) is 0 Å². The Labute approximate surface area is 85.1 Å². The lowest BCUT2D eigenvalue weighted by atomic mass is 10.6. The fourth-order valence-corrected chi connectivity index (χ4v) is 6.65. The van der Waals surface area contributed by atoms with Gasteiger partial charge in [-0.1, -0.05) is 27.7 Å². The standard InChI is InChI=1S/C8H22O3Si2/c1-7(2)12(9-5)11-13(10-6)8(3)4/h7-8,12-13H,1-6H3. The predicted molar refractivity (Wildman–Crippen MR) is 59.6 cm³/mol. The molecule has 0 radical (unpaired) electrons. The van der Waals surface area contributed by atoms with Gasteiger partial charge in [0.1, 0.15) is 0 Å². The highest BCUT2D eigenvalue weighted by Gasteiger charge is 2.25. The largest absolute Gasteiger partial charge is 0.419 e. The Balaban J connectivity index is 4.03. The van der Waals surface area contributed by atoms with E-state index in [1.165, 1.54) is 0 Å². The third kappa shape index (κ3) is 4.92. The van der Waals surface area contributed by atoms with Crippen molar-refractivity contribution in [3.05, 3.63) is 0 Å². The first-order valence-corrected chi connectivity index (χ1v) is 7.95. The SMILES string of the molecule is CO[SiH](O[SiH](OC)C(C)C)C(C)C. The molecule has 0 aromatic rings. The van der Waals surface area contributed by atoms with Crippen molar-refractivity contribution in [3.8, 4) is 0 Å². The molecule has 0 aliphatic heterocycles. The first kappa shape index (κ1) is 13.3. The molecule has 0 amide bonds. The van der Waals surface area contributed by atoms with Crippen molar-refractivity contribution in [2.45, 2.75) is 38.8 Å². The lowest BCUT2D eigenvalue weighted by molar-refractivity contribution is 0.267. The van der Waals surface area contributed by atoms with E-state index in [1.54, 1.807) is 14.2 Å². The molecule has 0 spiro atoms. The Bertz CT molecular complexity index is 117. The molecule has 0 aromatic carbocycles. The minimum atomic E-state index is -1.48. The smallest absolute Gasteiger partial charge is 0.314 e. The second-order valence-electron chi connectivity index (χ2n) is 3.83. The predicted octanol–water partition coefficient (Wildman–Crippen LogP) is 1.56. The Morgan fingerprint density at radius 3 is 1.23 bits per heavy atom. The number of rotatable bonds is 6. The zero-order valence-electron chi connectivity index (χ0n) is 9.53. The van der Waals surface area contributed by atoms with Crippen LogP contribution >= 0.6 is 0 Å². The zero-order valence-corrected chi connectivity index (χ0v) is 11.8. The highest BCUT2D eigenvalue weighted by molar-refractivity contribution is 6.60. The van der Waals surface area contributed by atoms with Gasteiger partial charge in [0, 0.05) is 14.2 Å². The molecular weight excluding hydrogens is 200 g/mol. The van der Waals surface area contributed by atoms with Crippen LogP contribution in [0.2, 0.25) is 11.1 Å². The fourth-order valence-electron chi connectivity index (χ4n) is 1.10. The van der Waals surface area contributed by atoms with Crippen molar-refractivity contribution < 1.29 is 13.0 Å². The average molecular weight is 222 g/mol. The Morgan fingerprint density at radius 2 is 1.08 bits per heavy atom. The van der Waals surface area contributed by atoms with E-state index in [-0.39, 0.29) is 0 Å². The summed E-state index contributed by atoms with van der Waals surface area (Å²) in [4.78, 5) is 0. The van der Waals surface area contributed by atoms with Crippen molar-refractivity contribution in [2.24, 2.45) is 0 Å². The molecule has 0 saturated carbocycles. The number of hydrogen-bond acceptors (Lipinski definition) is 3. The maximum absolute atomic E-state index is 5.91. The summed E-state index contributed by atoms with van der Waals surface area (Å²) in [5.74, 6) is 0. The van der Waals surface area contributed by atoms with Crippen molar-refractivity contribution in [2.75, 3.05) is 14.2 Å². The molecule has 3 nitrogen and oxygen atoms in total. The van der Waals surface area contributed by atoms with Gasteiger partial charge in [-0.15, -0.1) is 0 Å². The van der Waals surface area contributed by atoms with Crippen LogP contribution in [-0.2, 0) is 13.0 Å². The summed E-state index contributed by atoms with van der Waals surface area (Å²) in [5, 5.41) is 0. The summed E-state index contributed by atoms with van der Waals surface area (Å²) >= 11 is 0. The summed E-state index contributed by atoms with van der Waals surface area (Å²) in [6.07, 6.45) is 0. The lowest BCUT2D eigenvalue weighted by Gasteiger charge is -2.25. The molecule has 0 heterocycles. The van der Waals surface area contributed by atoms with Crippen molar-refractivity contribution in [3.63, 3.8) is 0 Å². The van der Waals surface area contributed by atoms with E-state index in [4.69, 9.17) is 13.0 Å². The maximum atomic E-state index is 5.91. The molecule has 0 aliphatic rings. The Kier molecular flexibility index (Phi) is 6.88. The second-order valence-corrected chi connectivity index (χ2v) is 10.0. The van der Waals surface area contributed by atoms with Crippen LogP contribution in [0.4, 0.5) is 0 Å². The quantitative estimate of drug-likeness (QED) is 0.638. The highest BCUT2D eigenvalue weighted by Crippen LogP contribution is 2.16. The van der Waals surface area contributed by atoms with E-state index in [0.29, 0.717) is 11.1 Å². The van der Waals surface area contributed by atoms with Crippen molar-refractivity contribution in [1.29, 1.82) is 0 Å². The zero-order chi connectivity index (χ0) is 10.4. The molecular formula is C8H22O3Si2. The van der Waals surface area contributed by atoms with E-state index in [0.717, 1.165) is 0 Å². The molecule has 0 aromatic heterocycles. The van der Waals surface area contributed by atoms with Crippen LogP contribution in [0, 0.1) is 0 Å². The van der Waals surface area contributed by atoms with Gasteiger partial charge in [0.15, 0.2) is 0 Å².